The number of piperidine rings is 1. The van der Waals surface area contributed by atoms with Crippen molar-refractivity contribution in [1.29, 1.82) is 0 Å². The molecule has 2 N–H and O–H groups in total. The molecule has 5 nitrogen and oxygen atoms in total. The molecule has 0 unspecified atom stereocenters. The standard InChI is InChI=1S/C16H19F4N5.ClH/c17-12-2-1-11(9-13(12)18)10-25-14(15(21)22-23-25)3-6-24-7-4-16(19,20)5-8-24;/h1-2,9H,3-8,10,21H2;1H. The van der Waals surface area contributed by atoms with Crippen molar-refractivity contribution in [3.8, 4) is 0 Å². The van der Waals surface area contributed by atoms with Gasteiger partial charge in [0.2, 0.25) is 0 Å². The van der Waals surface area contributed by atoms with Crippen molar-refractivity contribution in [3.05, 3.63) is 41.1 Å². The van der Waals surface area contributed by atoms with Crippen molar-refractivity contribution in [2.75, 3.05) is 25.4 Å². The predicted octanol–water partition coefficient (Wildman–Crippen LogP) is 2.88. The highest BCUT2D eigenvalue weighted by atomic mass is 35.5. The molecule has 0 bridgehead atoms. The van der Waals surface area contributed by atoms with E-state index in [1.54, 1.807) is 0 Å². The Morgan fingerprint density at radius 2 is 1.81 bits per heavy atom. The van der Waals surface area contributed by atoms with Gasteiger partial charge in [-0.3, -0.25) is 0 Å². The molecule has 1 aliphatic heterocycles. The van der Waals surface area contributed by atoms with Crippen LogP contribution in [0.4, 0.5) is 23.4 Å². The summed E-state index contributed by atoms with van der Waals surface area (Å²) in [5.74, 6) is -4.17. The molecule has 1 fully saturated rings. The molecule has 0 atom stereocenters. The Labute approximate surface area is 154 Å². The largest absolute Gasteiger partial charge is 0.381 e. The molecule has 1 aromatic carbocycles. The molecular weight excluding hydrogens is 374 g/mol. The van der Waals surface area contributed by atoms with Crippen molar-refractivity contribution < 1.29 is 17.6 Å². The maximum atomic E-state index is 13.3. The van der Waals surface area contributed by atoms with Crippen LogP contribution in [0.25, 0.3) is 0 Å². The summed E-state index contributed by atoms with van der Waals surface area (Å²) in [6.45, 7) is 1.43. The lowest BCUT2D eigenvalue weighted by Crippen LogP contribution is -2.40. The van der Waals surface area contributed by atoms with Crippen molar-refractivity contribution in [1.82, 2.24) is 19.9 Å². The summed E-state index contributed by atoms with van der Waals surface area (Å²) >= 11 is 0. The minimum Gasteiger partial charge on any atom is -0.381 e. The number of benzene rings is 1. The lowest BCUT2D eigenvalue weighted by atomic mass is 10.1. The molecule has 0 aliphatic carbocycles. The molecule has 0 spiro atoms. The minimum atomic E-state index is -2.58. The zero-order valence-electron chi connectivity index (χ0n) is 14.0. The predicted molar refractivity (Wildman–Crippen MR) is 91.5 cm³/mol. The third-order valence-corrected chi connectivity index (χ3v) is 4.44. The summed E-state index contributed by atoms with van der Waals surface area (Å²) in [5, 5.41) is 7.76. The molecule has 3 rings (SSSR count). The van der Waals surface area contributed by atoms with Gasteiger partial charge in [-0.15, -0.1) is 17.5 Å². The quantitative estimate of drug-likeness (QED) is 0.793. The van der Waals surface area contributed by atoms with Gasteiger partial charge in [-0.25, -0.2) is 22.2 Å². The highest BCUT2D eigenvalue weighted by Gasteiger charge is 2.33. The molecule has 26 heavy (non-hydrogen) atoms. The molecular formula is C16H20ClF4N5. The number of halogens is 5. The van der Waals surface area contributed by atoms with Crippen LogP contribution in [-0.2, 0) is 13.0 Å². The summed E-state index contributed by atoms with van der Waals surface area (Å²) in [4.78, 5) is 1.95. The summed E-state index contributed by atoms with van der Waals surface area (Å²) in [7, 11) is 0. The second kappa shape index (κ2) is 8.22. The number of anilines is 1. The van der Waals surface area contributed by atoms with E-state index in [1.807, 2.05) is 4.90 Å². The highest BCUT2D eigenvalue weighted by molar-refractivity contribution is 5.85. The van der Waals surface area contributed by atoms with Gasteiger partial charge in [0.25, 0.3) is 5.92 Å². The maximum Gasteiger partial charge on any atom is 0.250 e. The number of alkyl halides is 2. The van der Waals surface area contributed by atoms with E-state index in [1.165, 1.54) is 10.7 Å². The van der Waals surface area contributed by atoms with E-state index in [4.69, 9.17) is 5.73 Å². The van der Waals surface area contributed by atoms with Crippen LogP contribution in [0.1, 0.15) is 24.1 Å². The fourth-order valence-electron chi connectivity index (χ4n) is 2.91. The number of nitrogens with zero attached hydrogens (tertiary/aromatic N) is 4. The Kier molecular flexibility index (Phi) is 6.46. The summed E-state index contributed by atoms with van der Waals surface area (Å²) < 4.78 is 54.3. The molecule has 2 heterocycles. The van der Waals surface area contributed by atoms with Crippen LogP contribution in [-0.4, -0.2) is 45.5 Å². The monoisotopic (exact) mass is 393 g/mol. The van der Waals surface area contributed by atoms with Crippen molar-refractivity contribution in [3.63, 3.8) is 0 Å². The van der Waals surface area contributed by atoms with Gasteiger partial charge in [0, 0.05) is 38.9 Å². The SMILES string of the molecule is Cl.Nc1nnn(Cc2ccc(F)c(F)c2)c1CCN1CCC(F)(F)CC1. The van der Waals surface area contributed by atoms with E-state index in [0.717, 1.165) is 12.1 Å². The highest BCUT2D eigenvalue weighted by Crippen LogP contribution is 2.27. The topological polar surface area (TPSA) is 60.0 Å². The van der Waals surface area contributed by atoms with Gasteiger partial charge in [0.15, 0.2) is 17.5 Å². The van der Waals surface area contributed by atoms with Gasteiger partial charge in [0.05, 0.1) is 12.2 Å². The van der Waals surface area contributed by atoms with Crippen molar-refractivity contribution >= 4 is 18.2 Å². The number of hydrogen-bond donors (Lipinski definition) is 1. The van der Waals surface area contributed by atoms with Crippen LogP contribution < -0.4 is 5.73 Å². The first-order chi connectivity index (χ1) is 11.8. The number of hydrogen-bond acceptors (Lipinski definition) is 4. The van der Waals surface area contributed by atoms with E-state index in [2.05, 4.69) is 10.3 Å². The van der Waals surface area contributed by atoms with Crippen molar-refractivity contribution in [2.45, 2.75) is 31.7 Å². The fraction of sp³-hybridized carbons (Fsp3) is 0.500. The fourth-order valence-corrected chi connectivity index (χ4v) is 2.91. The first kappa shape index (κ1) is 20.4. The van der Waals surface area contributed by atoms with Gasteiger partial charge < -0.3 is 10.6 Å². The van der Waals surface area contributed by atoms with Gasteiger partial charge >= 0.3 is 0 Å². The maximum absolute atomic E-state index is 13.3. The Bertz CT molecular complexity index is 742. The molecule has 0 radical (unpaired) electrons. The van der Waals surface area contributed by atoms with Crippen LogP contribution in [0, 0.1) is 11.6 Å². The molecule has 2 aromatic rings. The van der Waals surface area contributed by atoms with Gasteiger partial charge in [-0.1, -0.05) is 11.3 Å². The Morgan fingerprint density at radius 3 is 2.46 bits per heavy atom. The molecule has 1 aliphatic rings. The van der Waals surface area contributed by atoms with Crippen LogP contribution in [0.15, 0.2) is 18.2 Å². The number of nitrogens with two attached hydrogens (primary N) is 1. The average Bonchev–Trinajstić information content (AvgIpc) is 2.90. The van der Waals surface area contributed by atoms with Crippen LogP contribution in [0.2, 0.25) is 0 Å². The van der Waals surface area contributed by atoms with E-state index in [0.29, 0.717) is 37.3 Å². The first-order valence-electron chi connectivity index (χ1n) is 8.06. The third-order valence-electron chi connectivity index (χ3n) is 4.44. The third kappa shape index (κ3) is 4.85. The molecule has 144 valence electrons. The van der Waals surface area contributed by atoms with Crippen LogP contribution in [0.3, 0.4) is 0 Å². The first-order valence-corrected chi connectivity index (χ1v) is 8.06. The Balaban J connectivity index is 0.00000243. The van der Waals surface area contributed by atoms with E-state index in [-0.39, 0.29) is 37.6 Å². The normalized spacial score (nSPS) is 17.1. The summed E-state index contributed by atoms with van der Waals surface area (Å²) in [5.41, 5.74) is 7.03. The zero-order valence-corrected chi connectivity index (χ0v) is 14.8. The van der Waals surface area contributed by atoms with Crippen LogP contribution in [0.5, 0.6) is 0 Å². The van der Waals surface area contributed by atoms with Crippen molar-refractivity contribution in [2.24, 2.45) is 0 Å². The zero-order chi connectivity index (χ0) is 18.0. The smallest absolute Gasteiger partial charge is 0.250 e. The minimum absolute atomic E-state index is 0. The molecule has 1 saturated heterocycles. The molecule has 0 amide bonds. The van der Waals surface area contributed by atoms with Crippen LogP contribution >= 0.6 is 12.4 Å². The van der Waals surface area contributed by atoms with E-state index in [9.17, 15) is 17.6 Å². The molecule has 10 heteroatoms. The molecule has 0 saturated carbocycles. The molecule has 1 aromatic heterocycles. The number of rotatable bonds is 5. The lowest BCUT2D eigenvalue weighted by molar-refractivity contribution is -0.0548. The van der Waals surface area contributed by atoms with Gasteiger partial charge in [-0.05, 0) is 17.7 Å². The number of aromatic nitrogens is 3. The summed E-state index contributed by atoms with van der Waals surface area (Å²) in [6.07, 6.45) is 0.206. The average molecular weight is 394 g/mol. The number of likely N-dealkylation sites (tertiary alicyclic amines) is 1. The Morgan fingerprint density at radius 1 is 1.12 bits per heavy atom. The Hall–Kier alpha value is -1.87. The second-order valence-electron chi connectivity index (χ2n) is 6.28. The lowest BCUT2D eigenvalue weighted by Gasteiger charge is -2.31. The van der Waals surface area contributed by atoms with E-state index >= 15 is 0 Å². The van der Waals surface area contributed by atoms with Gasteiger partial charge in [-0.2, -0.15) is 0 Å². The van der Waals surface area contributed by atoms with E-state index < -0.39 is 17.6 Å². The summed E-state index contributed by atoms with van der Waals surface area (Å²) in [6, 6.07) is 3.62. The second-order valence-corrected chi connectivity index (χ2v) is 6.28. The number of nitrogen functional groups attached to an aromatic ring is 1. The van der Waals surface area contributed by atoms with Gasteiger partial charge in [0.1, 0.15) is 0 Å².